The number of hydrogen-bond acceptors (Lipinski definition) is 2. The normalized spacial score (nSPS) is 22.8. The fourth-order valence-corrected chi connectivity index (χ4v) is 10.3. The Morgan fingerprint density at radius 3 is 2.17 bits per heavy atom. The second-order valence-electron chi connectivity index (χ2n) is 8.11. The Balaban J connectivity index is 1.88. The standard InChI is InChI=1S/C20H29N2OP/c1-15-12-17(14-21)13-16(2)18(15)22-19(23)20(8-7-9-20)24(3)10-5-4-6-11-24/h12-13,24H,4-11H2,1-3H3,(H,22,23). The van der Waals surface area contributed by atoms with Crippen molar-refractivity contribution >= 4 is 18.9 Å². The van der Waals surface area contributed by atoms with E-state index in [1.54, 1.807) is 0 Å². The number of rotatable bonds is 3. The molecule has 1 heterocycles. The molecule has 2 fully saturated rings. The maximum atomic E-state index is 13.3. The maximum absolute atomic E-state index is 13.3. The van der Waals surface area contributed by atoms with Gasteiger partial charge in [-0.15, -0.1) is 0 Å². The molecular weight excluding hydrogens is 315 g/mol. The van der Waals surface area contributed by atoms with Gasteiger partial charge in [-0.3, -0.25) is 0 Å². The van der Waals surface area contributed by atoms with Crippen LogP contribution in [-0.4, -0.2) is 30.1 Å². The molecule has 2 aliphatic rings. The summed E-state index contributed by atoms with van der Waals surface area (Å²) < 4.78 is 0. The summed E-state index contributed by atoms with van der Waals surface area (Å²) in [7, 11) is -1.54. The van der Waals surface area contributed by atoms with Crippen molar-refractivity contribution in [2.45, 2.75) is 57.5 Å². The van der Waals surface area contributed by atoms with Gasteiger partial charge < -0.3 is 0 Å². The van der Waals surface area contributed by atoms with E-state index in [2.05, 4.69) is 18.1 Å². The average Bonchev–Trinajstić information content (AvgIpc) is 2.50. The quantitative estimate of drug-likeness (QED) is 0.815. The number of carbonyl (C=O) groups is 1. The van der Waals surface area contributed by atoms with Gasteiger partial charge in [-0.05, 0) is 0 Å². The molecule has 0 bridgehead atoms. The van der Waals surface area contributed by atoms with Crippen LogP contribution < -0.4 is 5.32 Å². The van der Waals surface area contributed by atoms with E-state index < -0.39 is 7.26 Å². The Morgan fingerprint density at radius 1 is 1.12 bits per heavy atom. The van der Waals surface area contributed by atoms with Crippen molar-refractivity contribution in [1.29, 1.82) is 5.26 Å². The molecule has 130 valence electrons. The molecule has 1 aromatic carbocycles. The summed E-state index contributed by atoms with van der Waals surface area (Å²) in [5, 5.41) is 12.3. The van der Waals surface area contributed by atoms with Crippen LogP contribution in [-0.2, 0) is 4.79 Å². The van der Waals surface area contributed by atoms with Gasteiger partial charge in [-0.25, -0.2) is 0 Å². The number of carbonyl (C=O) groups excluding carboxylic acids is 1. The molecule has 0 spiro atoms. The zero-order valence-electron chi connectivity index (χ0n) is 15.2. The molecule has 0 aromatic heterocycles. The van der Waals surface area contributed by atoms with Gasteiger partial charge in [0, 0.05) is 0 Å². The molecule has 4 heteroatoms. The van der Waals surface area contributed by atoms with E-state index in [1.165, 1.54) is 38.0 Å². The van der Waals surface area contributed by atoms with Crippen LogP contribution in [0, 0.1) is 25.2 Å². The number of nitrogens with one attached hydrogen (secondary N) is 1. The third-order valence-electron chi connectivity index (χ3n) is 6.65. The molecule has 0 radical (unpaired) electrons. The first-order valence-corrected chi connectivity index (χ1v) is 12.2. The van der Waals surface area contributed by atoms with Gasteiger partial charge in [-0.1, -0.05) is 0 Å². The number of nitrogens with zero attached hydrogens (tertiary/aromatic N) is 1. The van der Waals surface area contributed by atoms with Gasteiger partial charge in [0.1, 0.15) is 0 Å². The number of aryl methyl sites for hydroxylation is 2. The summed E-state index contributed by atoms with van der Waals surface area (Å²) in [5.74, 6) is 0.265. The van der Waals surface area contributed by atoms with Crippen molar-refractivity contribution in [3.63, 3.8) is 0 Å². The predicted molar refractivity (Wildman–Crippen MR) is 104 cm³/mol. The molecule has 3 rings (SSSR count). The van der Waals surface area contributed by atoms with Crippen molar-refractivity contribution in [3.8, 4) is 6.07 Å². The Morgan fingerprint density at radius 2 is 1.71 bits per heavy atom. The van der Waals surface area contributed by atoms with Crippen molar-refractivity contribution < 1.29 is 4.79 Å². The van der Waals surface area contributed by atoms with E-state index in [-0.39, 0.29) is 11.1 Å². The topological polar surface area (TPSA) is 52.9 Å². The zero-order chi connectivity index (χ0) is 17.4. The van der Waals surface area contributed by atoms with Gasteiger partial charge >= 0.3 is 146 Å². The first-order valence-electron chi connectivity index (χ1n) is 9.25. The minimum atomic E-state index is -1.54. The van der Waals surface area contributed by atoms with Crippen LogP contribution in [0.4, 0.5) is 5.69 Å². The number of hydrogen-bond donors (Lipinski definition) is 1. The number of amides is 1. The second kappa shape index (κ2) is 6.49. The van der Waals surface area contributed by atoms with E-state index >= 15 is 0 Å². The molecule has 1 aliphatic heterocycles. The summed E-state index contributed by atoms with van der Waals surface area (Å²) in [6, 6.07) is 5.94. The predicted octanol–water partition coefficient (Wildman–Crippen LogP) is 4.60. The average molecular weight is 344 g/mol. The molecular formula is C20H29N2OP. The third-order valence-corrected chi connectivity index (χ3v) is 12.6. The Hall–Kier alpha value is -1.39. The molecule has 1 aromatic rings. The molecule has 0 unspecified atom stereocenters. The molecule has 1 aliphatic carbocycles. The van der Waals surface area contributed by atoms with Crippen LogP contribution in [0.3, 0.4) is 0 Å². The van der Waals surface area contributed by atoms with Gasteiger partial charge in [0.05, 0.1) is 0 Å². The van der Waals surface area contributed by atoms with E-state index in [1.807, 2.05) is 26.0 Å². The summed E-state index contributed by atoms with van der Waals surface area (Å²) in [4.78, 5) is 13.3. The first-order chi connectivity index (χ1) is 11.4. The molecule has 1 saturated heterocycles. The van der Waals surface area contributed by atoms with Crippen LogP contribution >= 0.6 is 7.26 Å². The number of anilines is 1. The Labute approximate surface area is 146 Å². The van der Waals surface area contributed by atoms with Crippen molar-refractivity contribution in [2.75, 3.05) is 24.3 Å². The number of nitriles is 1. The van der Waals surface area contributed by atoms with Crippen LogP contribution in [0.2, 0.25) is 0 Å². The van der Waals surface area contributed by atoms with Crippen LogP contribution in [0.1, 0.15) is 55.2 Å². The third kappa shape index (κ3) is 2.76. The Bertz CT molecular complexity index is 671. The van der Waals surface area contributed by atoms with E-state index in [4.69, 9.17) is 5.26 Å². The SMILES string of the molecule is Cc1cc(C#N)cc(C)c1NC(=O)C1([PH]2(C)CCCCC2)CCC1. The van der Waals surface area contributed by atoms with Crippen molar-refractivity contribution in [3.05, 3.63) is 28.8 Å². The molecule has 24 heavy (non-hydrogen) atoms. The first kappa shape index (κ1) is 17.4. The van der Waals surface area contributed by atoms with Crippen LogP contribution in [0.15, 0.2) is 12.1 Å². The van der Waals surface area contributed by atoms with Crippen LogP contribution in [0.5, 0.6) is 0 Å². The number of benzene rings is 1. The summed E-state index contributed by atoms with van der Waals surface area (Å²) in [6.45, 7) is 6.44. The van der Waals surface area contributed by atoms with E-state index in [0.717, 1.165) is 29.7 Å². The second-order valence-corrected chi connectivity index (χ2v) is 13.2. The van der Waals surface area contributed by atoms with Crippen molar-refractivity contribution in [2.24, 2.45) is 0 Å². The van der Waals surface area contributed by atoms with Crippen molar-refractivity contribution in [1.82, 2.24) is 0 Å². The monoisotopic (exact) mass is 344 g/mol. The van der Waals surface area contributed by atoms with Crippen LogP contribution in [0.25, 0.3) is 0 Å². The molecule has 3 nitrogen and oxygen atoms in total. The summed E-state index contributed by atoms with van der Waals surface area (Å²) in [6.07, 6.45) is 9.94. The Kier molecular flexibility index (Phi) is 4.71. The molecule has 0 atom stereocenters. The minimum absolute atomic E-state index is 0.0554. The summed E-state index contributed by atoms with van der Waals surface area (Å²) >= 11 is 0. The molecule has 1 saturated carbocycles. The van der Waals surface area contributed by atoms with Gasteiger partial charge in [0.2, 0.25) is 0 Å². The van der Waals surface area contributed by atoms with E-state index in [0.29, 0.717) is 5.56 Å². The summed E-state index contributed by atoms with van der Waals surface area (Å²) in [5.41, 5.74) is 3.56. The van der Waals surface area contributed by atoms with Gasteiger partial charge in [-0.2, -0.15) is 0 Å². The van der Waals surface area contributed by atoms with E-state index in [9.17, 15) is 4.79 Å². The fourth-order valence-electron chi connectivity index (χ4n) is 4.90. The molecule has 1 amide bonds. The molecule has 1 N–H and O–H groups in total. The van der Waals surface area contributed by atoms with Gasteiger partial charge in [0.15, 0.2) is 0 Å². The van der Waals surface area contributed by atoms with Gasteiger partial charge in [0.25, 0.3) is 0 Å². The fraction of sp³-hybridized carbons (Fsp3) is 0.600. The zero-order valence-corrected chi connectivity index (χ0v) is 16.2.